The number of carbonyl (C=O) groups excluding carboxylic acids is 2. The SMILES string of the molecule is Cc1nccn1-c1ccc([C@H](C)NC(=O)[C@@H]2C[C@@H](O)CN2C(=O)[C@@H](c2cc(N3CCN(CCN4CCC(O[C@H]5C[C@H](Oc6cc(N7C8CCC7CN(c7cc(-c9ccccc9O)nnc7N)C8)ccn6)C5)CC4)CC3)no2)C(C)C)cc1. The third-order valence-electron chi connectivity index (χ3n) is 18.0. The Balaban J connectivity index is 0.553. The number of piperidine rings is 1. The summed E-state index contributed by atoms with van der Waals surface area (Å²) in [5.41, 5.74) is 11.5. The summed E-state index contributed by atoms with van der Waals surface area (Å²) in [6.45, 7) is 17.0. The Kier molecular flexibility index (Phi) is 16.1. The average molecular weight is 1120 g/mol. The second kappa shape index (κ2) is 23.9. The number of ether oxygens (including phenoxy) is 2. The smallest absolute Gasteiger partial charge is 0.243 e. The zero-order valence-electron chi connectivity index (χ0n) is 47.5. The quantitative estimate of drug-likeness (QED) is 0.0778. The third-order valence-corrected chi connectivity index (χ3v) is 18.0. The number of imidazole rings is 1. The number of piperazine rings is 2. The molecule has 6 aliphatic rings. The molecule has 5 N–H and O–H groups in total. The first-order valence-electron chi connectivity index (χ1n) is 29.6. The van der Waals surface area contributed by atoms with Gasteiger partial charge in [-0.05, 0) is 87.4 Å². The summed E-state index contributed by atoms with van der Waals surface area (Å²) in [7, 11) is 0. The van der Waals surface area contributed by atoms with Crippen LogP contribution in [-0.2, 0) is 14.3 Å². The number of nitrogens with zero attached hydrogens (tertiary/aromatic N) is 12. The molecule has 0 radical (unpaired) electrons. The maximum absolute atomic E-state index is 14.4. The van der Waals surface area contributed by atoms with Crippen molar-refractivity contribution in [3.05, 3.63) is 109 Å². The molecule has 1 saturated carbocycles. The van der Waals surface area contributed by atoms with Gasteiger partial charge in [0.2, 0.25) is 17.7 Å². The highest BCUT2D eigenvalue weighted by Gasteiger charge is 2.45. The maximum Gasteiger partial charge on any atom is 0.243 e. The van der Waals surface area contributed by atoms with Crippen LogP contribution in [0, 0.1) is 12.8 Å². The Hall–Kier alpha value is -7.33. The zero-order valence-corrected chi connectivity index (χ0v) is 47.5. The van der Waals surface area contributed by atoms with E-state index in [0.717, 1.165) is 132 Å². The fourth-order valence-corrected chi connectivity index (χ4v) is 13.3. The number of nitrogens with two attached hydrogens (primary N) is 1. The number of likely N-dealkylation sites (tertiary alicyclic amines) is 2. The van der Waals surface area contributed by atoms with Gasteiger partial charge in [0.1, 0.15) is 29.6 Å². The van der Waals surface area contributed by atoms with E-state index in [1.165, 1.54) is 4.90 Å². The van der Waals surface area contributed by atoms with Crippen LogP contribution in [0.1, 0.15) is 94.8 Å². The fourth-order valence-electron chi connectivity index (χ4n) is 13.3. The molecule has 5 saturated heterocycles. The van der Waals surface area contributed by atoms with Crippen molar-refractivity contribution >= 4 is 34.8 Å². The second-order valence-corrected chi connectivity index (χ2v) is 23.8. The lowest BCUT2D eigenvalue weighted by Crippen LogP contribution is -2.54. The molecule has 9 heterocycles. The van der Waals surface area contributed by atoms with E-state index in [1.54, 1.807) is 18.3 Å². The number of aromatic hydroxyl groups is 1. The van der Waals surface area contributed by atoms with Crippen LogP contribution in [0.3, 0.4) is 0 Å². The molecule has 2 aromatic carbocycles. The number of aryl methyl sites for hydroxylation is 1. The minimum Gasteiger partial charge on any atom is -0.507 e. The summed E-state index contributed by atoms with van der Waals surface area (Å²) in [6, 6.07) is 22.6. The van der Waals surface area contributed by atoms with Crippen LogP contribution in [0.2, 0.25) is 0 Å². The summed E-state index contributed by atoms with van der Waals surface area (Å²) in [4.78, 5) is 50.8. The van der Waals surface area contributed by atoms with Gasteiger partial charge in [0.15, 0.2) is 17.4 Å². The number of fused-ring (bicyclic) bond motifs is 2. The Morgan fingerprint density at radius 2 is 1.51 bits per heavy atom. The monoisotopic (exact) mass is 1120 g/mol. The molecule has 1 aliphatic carbocycles. The van der Waals surface area contributed by atoms with Crippen molar-refractivity contribution in [1.82, 2.24) is 49.9 Å². The number of aliphatic hydroxyl groups is 1. The number of phenols is 1. The van der Waals surface area contributed by atoms with Crippen molar-refractivity contribution in [3.63, 3.8) is 0 Å². The number of nitrogen functional groups attached to an aromatic ring is 1. The van der Waals surface area contributed by atoms with Crippen molar-refractivity contribution in [3.8, 4) is 28.6 Å². The van der Waals surface area contributed by atoms with Gasteiger partial charge < -0.3 is 64.3 Å². The minimum absolute atomic E-state index is 0.0777. The Labute approximate surface area is 479 Å². The van der Waals surface area contributed by atoms with Crippen molar-refractivity contribution in [2.24, 2.45) is 5.92 Å². The summed E-state index contributed by atoms with van der Waals surface area (Å²) < 4.78 is 21.0. The zero-order chi connectivity index (χ0) is 56.6. The van der Waals surface area contributed by atoms with Crippen molar-refractivity contribution in [2.75, 3.05) is 92.4 Å². The van der Waals surface area contributed by atoms with Crippen LogP contribution in [-0.4, -0.2) is 181 Å². The van der Waals surface area contributed by atoms with Crippen LogP contribution in [0.25, 0.3) is 16.9 Å². The van der Waals surface area contributed by atoms with Crippen LogP contribution in [0.5, 0.6) is 11.6 Å². The number of amides is 2. The number of rotatable bonds is 18. The number of nitrogens with one attached hydrogen (secondary N) is 1. The standard InChI is InChI=1S/C61H78N14O7/c1-38(2)58(61(79)74-37-46(76)30-53(74)60(78)65-39(3)41-9-11-42(12-10-41)73-22-19-63-40(73)4)55-34-56(68-82-55)71-27-25-70(26-28-71)24-23-69-20-16-47(17-21-69)80-48-31-49(32-48)81-57-29-43(15-18-64-57)75-44-13-14-45(75)36-72(35-44)52-33-51(66-67-59(52)62)50-7-5-6-8-54(50)77/h5-12,15,18-19,22,29,33-34,38-39,44-49,53,58,76-77H,13-14,16-17,20-21,23-28,30-32,35-37H2,1-4H3,(H2,62,67)(H,65,78)/t39-,44?,45?,46+,48-,49-,53-,58+/m0/s1. The van der Waals surface area contributed by atoms with E-state index in [2.05, 4.69) is 67.3 Å². The fraction of sp³-hybridized carbons (Fsp3) is 0.525. The molecule has 21 heteroatoms. The number of para-hydroxylation sites is 1. The number of anilines is 4. The number of β-amino-alcohol motifs (C(OH)–C–C–N with tert-alkyl or cyclic N) is 1. The number of pyridine rings is 1. The molecule has 4 aromatic heterocycles. The predicted molar refractivity (Wildman–Crippen MR) is 311 cm³/mol. The van der Waals surface area contributed by atoms with Gasteiger partial charge in [0.05, 0.1) is 35.7 Å². The molecule has 2 bridgehead atoms. The molecular formula is C61H78N14O7. The number of carbonyl (C=O) groups is 2. The lowest BCUT2D eigenvalue weighted by Gasteiger charge is -2.43. The largest absolute Gasteiger partial charge is 0.507 e. The summed E-state index contributed by atoms with van der Waals surface area (Å²) >= 11 is 0. The van der Waals surface area contributed by atoms with Crippen LogP contribution in [0.4, 0.5) is 23.0 Å². The van der Waals surface area contributed by atoms with Crippen molar-refractivity contribution < 1.29 is 33.8 Å². The molecule has 82 heavy (non-hydrogen) atoms. The molecule has 21 nitrogen and oxygen atoms in total. The predicted octanol–water partition coefficient (Wildman–Crippen LogP) is 5.96. The summed E-state index contributed by atoms with van der Waals surface area (Å²) in [5.74, 6) is 1.95. The normalized spacial score (nSPS) is 24.2. The van der Waals surface area contributed by atoms with Gasteiger partial charge in [0.25, 0.3) is 0 Å². The van der Waals surface area contributed by atoms with Gasteiger partial charge in [0, 0.05) is 151 Å². The molecule has 0 spiro atoms. The van der Waals surface area contributed by atoms with E-state index in [9.17, 15) is 19.8 Å². The number of hydrogen-bond acceptors (Lipinski definition) is 18. The first-order chi connectivity index (χ1) is 39.8. The number of aromatic nitrogens is 6. The first kappa shape index (κ1) is 55.2. The molecule has 12 rings (SSSR count). The van der Waals surface area contributed by atoms with Crippen molar-refractivity contribution in [2.45, 2.75) is 127 Å². The molecule has 5 aliphatic heterocycles. The van der Waals surface area contributed by atoms with E-state index in [0.29, 0.717) is 46.6 Å². The van der Waals surface area contributed by atoms with Crippen LogP contribution >= 0.6 is 0 Å². The Bertz CT molecular complexity index is 3160. The number of aliphatic hydroxyl groups excluding tert-OH is 1. The number of hydrogen-bond donors (Lipinski definition) is 4. The van der Waals surface area contributed by atoms with Gasteiger partial charge in [-0.15, -0.1) is 10.2 Å². The topological polar surface area (TPSA) is 233 Å². The molecular weight excluding hydrogens is 1040 g/mol. The molecule has 434 valence electrons. The lowest BCUT2D eigenvalue weighted by atomic mass is 9.91. The Morgan fingerprint density at radius 1 is 0.780 bits per heavy atom. The molecule has 2 amide bonds. The van der Waals surface area contributed by atoms with Gasteiger partial charge >= 0.3 is 0 Å². The van der Waals surface area contributed by atoms with E-state index in [-0.39, 0.29) is 60.8 Å². The second-order valence-electron chi connectivity index (χ2n) is 23.8. The molecule has 6 fully saturated rings. The van der Waals surface area contributed by atoms with Gasteiger partial charge in [-0.2, -0.15) is 0 Å². The summed E-state index contributed by atoms with van der Waals surface area (Å²) in [5, 5.41) is 37.4. The number of phenolic OH excluding ortho intramolecular Hbond substituents is 1. The first-order valence-corrected chi connectivity index (χ1v) is 29.6. The maximum atomic E-state index is 14.4. The summed E-state index contributed by atoms with van der Waals surface area (Å²) in [6.07, 6.45) is 11.4. The lowest BCUT2D eigenvalue weighted by molar-refractivity contribution is -0.141. The highest BCUT2D eigenvalue weighted by atomic mass is 16.5. The number of benzene rings is 2. The van der Waals surface area contributed by atoms with Gasteiger partial charge in [-0.1, -0.05) is 43.3 Å². The van der Waals surface area contributed by atoms with Gasteiger partial charge in [-0.25, -0.2) is 9.97 Å². The Morgan fingerprint density at radius 3 is 2.22 bits per heavy atom. The van der Waals surface area contributed by atoms with Crippen LogP contribution < -0.4 is 30.5 Å². The minimum atomic E-state index is -0.809. The molecule has 2 unspecified atom stereocenters. The van der Waals surface area contributed by atoms with E-state index in [1.807, 2.05) is 93.2 Å². The average Bonchev–Trinajstić information content (AvgIpc) is 3.82. The third kappa shape index (κ3) is 11.8. The van der Waals surface area contributed by atoms with E-state index >= 15 is 0 Å². The highest BCUT2D eigenvalue weighted by Crippen LogP contribution is 2.41. The molecule has 6 aromatic rings. The van der Waals surface area contributed by atoms with Crippen molar-refractivity contribution in [1.29, 1.82) is 0 Å². The van der Waals surface area contributed by atoms with Crippen LogP contribution in [0.15, 0.2) is 95.9 Å². The molecule has 6 atom stereocenters. The van der Waals surface area contributed by atoms with Gasteiger partial charge in [-0.3, -0.25) is 14.5 Å². The van der Waals surface area contributed by atoms with E-state index < -0.39 is 18.1 Å². The highest BCUT2D eigenvalue weighted by molar-refractivity contribution is 5.91. The van der Waals surface area contributed by atoms with E-state index in [4.69, 9.17) is 19.7 Å².